The highest BCUT2D eigenvalue weighted by Gasteiger charge is 2.55. The first-order valence-corrected chi connectivity index (χ1v) is 7.47. The van der Waals surface area contributed by atoms with Crippen molar-refractivity contribution < 1.29 is 19.0 Å². The summed E-state index contributed by atoms with van der Waals surface area (Å²) in [5, 5.41) is 0. The summed E-state index contributed by atoms with van der Waals surface area (Å²) in [6.45, 7) is 0.357. The van der Waals surface area contributed by atoms with E-state index < -0.39 is 5.54 Å². The maximum Gasteiger partial charge on any atom is 0.283 e. The van der Waals surface area contributed by atoms with E-state index in [4.69, 9.17) is 19.9 Å². The molecule has 1 saturated carbocycles. The van der Waals surface area contributed by atoms with Crippen LogP contribution in [0.15, 0.2) is 23.2 Å². The van der Waals surface area contributed by atoms with Crippen LogP contribution in [0.2, 0.25) is 0 Å². The van der Waals surface area contributed by atoms with Gasteiger partial charge in [0.1, 0.15) is 35.5 Å². The monoisotopic (exact) mass is 302 g/mol. The topological polar surface area (TPSA) is 83.1 Å². The summed E-state index contributed by atoms with van der Waals surface area (Å²) in [7, 11) is 1.62. The third-order valence-electron chi connectivity index (χ3n) is 4.90. The van der Waals surface area contributed by atoms with Crippen molar-refractivity contribution in [2.24, 2.45) is 16.6 Å². The third-order valence-corrected chi connectivity index (χ3v) is 4.90. The Morgan fingerprint density at radius 3 is 3.05 bits per heavy atom. The molecule has 1 spiro atoms. The predicted molar refractivity (Wildman–Crippen MR) is 79.0 cm³/mol. The third kappa shape index (κ3) is 1.79. The molecule has 6 heteroatoms. The minimum absolute atomic E-state index is 0.0318. The highest BCUT2D eigenvalue weighted by atomic mass is 16.5. The van der Waals surface area contributed by atoms with E-state index in [0.29, 0.717) is 25.9 Å². The van der Waals surface area contributed by atoms with Crippen LogP contribution in [-0.4, -0.2) is 31.6 Å². The number of methoxy groups -OCH3 is 1. The Bertz CT molecular complexity index is 672. The standard InChI is InChI=1S/C16H18N2O4/c1-20-10-3-4-11-14(7-10)22-13-5-2-9(19)6-12(13)16(11)8-21-15(17)18-16/h3-4,7,12-13H,2,5-6,8H2,1H3,(H2,17,18)/t12-,13-,16?/m0/s1. The van der Waals surface area contributed by atoms with Gasteiger partial charge in [0.15, 0.2) is 0 Å². The zero-order valence-electron chi connectivity index (χ0n) is 12.4. The second-order valence-corrected chi connectivity index (χ2v) is 6.07. The van der Waals surface area contributed by atoms with E-state index >= 15 is 0 Å². The first-order valence-electron chi connectivity index (χ1n) is 7.47. The Morgan fingerprint density at radius 2 is 2.32 bits per heavy atom. The van der Waals surface area contributed by atoms with Crippen molar-refractivity contribution in [3.05, 3.63) is 23.8 Å². The Hall–Kier alpha value is -2.24. The van der Waals surface area contributed by atoms with Gasteiger partial charge in [0.05, 0.1) is 7.11 Å². The number of benzene rings is 1. The van der Waals surface area contributed by atoms with Crippen molar-refractivity contribution in [2.75, 3.05) is 13.7 Å². The fourth-order valence-corrected chi connectivity index (χ4v) is 3.82. The number of hydrogen-bond acceptors (Lipinski definition) is 6. The molecule has 22 heavy (non-hydrogen) atoms. The molecule has 0 saturated heterocycles. The molecule has 2 N–H and O–H groups in total. The van der Waals surface area contributed by atoms with E-state index in [-0.39, 0.29) is 23.8 Å². The van der Waals surface area contributed by atoms with Gasteiger partial charge in [0.2, 0.25) is 0 Å². The van der Waals surface area contributed by atoms with E-state index in [2.05, 4.69) is 4.99 Å². The Balaban J connectivity index is 1.87. The van der Waals surface area contributed by atoms with Gasteiger partial charge in [-0.25, -0.2) is 4.99 Å². The molecule has 0 bridgehead atoms. The molecule has 0 amide bonds. The molecular weight excluding hydrogens is 284 g/mol. The predicted octanol–water partition coefficient (Wildman–Crippen LogP) is 1.37. The molecule has 1 unspecified atom stereocenters. The normalized spacial score (nSPS) is 32.6. The summed E-state index contributed by atoms with van der Waals surface area (Å²) in [4.78, 5) is 16.6. The Labute approximate surface area is 128 Å². The first kappa shape index (κ1) is 13.4. The average Bonchev–Trinajstić information content (AvgIpc) is 2.91. The Morgan fingerprint density at radius 1 is 1.45 bits per heavy atom. The maximum atomic E-state index is 12.0. The lowest BCUT2D eigenvalue weighted by Crippen LogP contribution is -2.51. The number of fused-ring (bicyclic) bond motifs is 4. The number of nitrogens with two attached hydrogens (primary N) is 1. The molecule has 116 valence electrons. The number of amidine groups is 1. The average molecular weight is 302 g/mol. The van der Waals surface area contributed by atoms with Gasteiger partial charge in [-0.1, -0.05) is 0 Å². The molecule has 3 atom stereocenters. The van der Waals surface area contributed by atoms with Crippen LogP contribution < -0.4 is 15.2 Å². The minimum Gasteiger partial charge on any atom is -0.497 e. The summed E-state index contributed by atoms with van der Waals surface area (Å²) >= 11 is 0. The van der Waals surface area contributed by atoms with E-state index in [1.807, 2.05) is 18.2 Å². The van der Waals surface area contributed by atoms with E-state index in [0.717, 1.165) is 17.1 Å². The van der Waals surface area contributed by atoms with E-state index in [1.54, 1.807) is 7.11 Å². The van der Waals surface area contributed by atoms with Crippen LogP contribution in [0.3, 0.4) is 0 Å². The van der Waals surface area contributed by atoms with Crippen molar-refractivity contribution in [3.63, 3.8) is 0 Å². The number of nitrogens with zero attached hydrogens (tertiary/aromatic N) is 1. The molecule has 1 aromatic rings. The van der Waals surface area contributed by atoms with Gasteiger partial charge in [-0.15, -0.1) is 0 Å². The quantitative estimate of drug-likeness (QED) is 0.847. The zero-order valence-corrected chi connectivity index (χ0v) is 12.4. The van der Waals surface area contributed by atoms with Crippen molar-refractivity contribution in [3.8, 4) is 11.5 Å². The number of aliphatic imine (C=N–C) groups is 1. The summed E-state index contributed by atoms with van der Waals surface area (Å²) in [5.41, 5.74) is 6.09. The smallest absolute Gasteiger partial charge is 0.283 e. The van der Waals surface area contributed by atoms with Gasteiger partial charge in [0, 0.05) is 30.4 Å². The highest BCUT2D eigenvalue weighted by Crippen LogP contribution is 2.52. The van der Waals surface area contributed by atoms with Crippen molar-refractivity contribution in [1.82, 2.24) is 0 Å². The molecule has 2 heterocycles. The fourth-order valence-electron chi connectivity index (χ4n) is 3.82. The first-order chi connectivity index (χ1) is 10.6. The number of carbonyl (C=O) groups is 1. The molecule has 1 fully saturated rings. The molecule has 0 radical (unpaired) electrons. The number of ether oxygens (including phenoxy) is 3. The number of ketones is 1. The van der Waals surface area contributed by atoms with E-state index in [9.17, 15) is 4.79 Å². The van der Waals surface area contributed by atoms with Crippen LogP contribution in [-0.2, 0) is 15.1 Å². The second-order valence-electron chi connectivity index (χ2n) is 6.07. The van der Waals surface area contributed by atoms with Crippen LogP contribution in [0, 0.1) is 5.92 Å². The number of carbonyl (C=O) groups excluding carboxylic acids is 1. The van der Waals surface area contributed by atoms with Crippen molar-refractivity contribution >= 4 is 11.8 Å². The number of rotatable bonds is 1. The molecule has 3 aliphatic rings. The van der Waals surface area contributed by atoms with Gasteiger partial charge in [0.25, 0.3) is 6.02 Å². The summed E-state index contributed by atoms with van der Waals surface area (Å²) in [6.07, 6.45) is 1.67. The Kier molecular flexibility index (Phi) is 2.82. The number of hydrogen-bond donors (Lipinski definition) is 1. The van der Waals surface area contributed by atoms with Gasteiger partial charge < -0.3 is 19.9 Å². The maximum absolute atomic E-state index is 12.0. The number of Topliss-reactive ketones (excluding diaryl/α,β-unsaturated/α-hetero) is 1. The zero-order chi connectivity index (χ0) is 15.3. The highest BCUT2D eigenvalue weighted by molar-refractivity contribution is 5.81. The molecule has 6 nitrogen and oxygen atoms in total. The molecular formula is C16H18N2O4. The fraction of sp³-hybridized carbons (Fsp3) is 0.500. The van der Waals surface area contributed by atoms with E-state index in [1.165, 1.54) is 0 Å². The molecule has 1 aliphatic carbocycles. The van der Waals surface area contributed by atoms with Gasteiger partial charge in [-0.2, -0.15) is 0 Å². The van der Waals surface area contributed by atoms with Gasteiger partial charge in [-0.3, -0.25) is 4.79 Å². The molecule has 0 aromatic heterocycles. The molecule has 4 rings (SSSR count). The molecule has 1 aromatic carbocycles. The summed E-state index contributed by atoms with van der Waals surface area (Å²) < 4.78 is 16.9. The van der Waals surface area contributed by atoms with Crippen LogP contribution in [0.5, 0.6) is 11.5 Å². The van der Waals surface area contributed by atoms with Crippen LogP contribution in [0.1, 0.15) is 24.8 Å². The summed E-state index contributed by atoms with van der Waals surface area (Å²) in [5.74, 6) is 1.70. The van der Waals surface area contributed by atoms with Gasteiger partial charge >= 0.3 is 0 Å². The second kappa shape index (κ2) is 4.63. The lowest BCUT2D eigenvalue weighted by Gasteiger charge is -2.45. The van der Waals surface area contributed by atoms with Crippen LogP contribution in [0.25, 0.3) is 0 Å². The lowest BCUT2D eigenvalue weighted by molar-refractivity contribution is -0.126. The summed E-state index contributed by atoms with van der Waals surface area (Å²) in [6, 6.07) is 5.86. The SMILES string of the molecule is COc1ccc2c(c1)O[C@H]1CCC(=O)C[C@@H]1C21COC(N)=N1. The van der Waals surface area contributed by atoms with Crippen LogP contribution >= 0.6 is 0 Å². The van der Waals surface area contributed by atoms with Crippen LogP contribution in [0.4, 0.5) is 0 Å². The molecule has 2 aliphatic heterocycles. The van der Waals surface area contributed by atoms with Crippen molar-refractivity contribution in [2.45, 2.75) is 30.9 Å². The lowest BCUT2D eigenvalue weighted by atomic mass is 9.68. The largest absolute Gasteiger partial charge is 0.497 e. The minimum atomic E-state index is -0.620. The van der Waals surface area contributed by atoms with Crippen molar-refractivity contribution in [1.29, 1.82) is 0 Å². The van der Waals surface area contributed by atoms with Gasteiger partial charge in [-0.05, 0) is 18.6 Å².